The molecule has 0 spiro atoms. The fraction of sp³-hybridized carbons (Fsp3) is 0.245. The Morgan fingerprint density at radius 3 is 1.52 bits per heavy atom. The summed E-state index contributed by atoms with van der Waals surface area (Å²) in [6, 6.07) is 27.1. The van der Waals surface area contributed by atoms with Gasteiger partial charge in [0.1, 0.15) is 23.0 Å². The minimum absolute atomic E-state index is 0.136. The summed E-state index contributed by atoms with van der Waals surface area (Å²) in [6.45, 7) is 0. The van der Waals surface area contributed by atoms with Gasteiger partial charge in [-0.15, -0.1) is 0 Å². The highest BCUT2D eigenvalue weighted by Gasteiger charge is 2.62. The van der Waals surface area contributed by atoms with E-state index in [4.69, 9.17) is 23.7 Å². The van der Waals surface area contributed by atoms with E-state index in [1.54, 1.807) is 58.8 Å². The Hall–Kier alpha value is -6.64. The lowest BCUT2D eigenvalue weighted by Crippen LogP contribution is -2.43. The summed E-state index contributed by atoms with van der Waals surface area (Å²) >= 11 is 7.20. The van der Waals surface area contributed by atoms with Crippen molar-refractivity contribution in [2.45, 2.75) is 18.8 Å². The van der Waals surface area contributed by atoms with Gasteiger partial charge in [0.15, 0.2) is 11.5 Å². The Balaban J connectivity index is 1.03. The van der Waals surface area contributed by atoms with Crippen LogP contribution in [0.3, 0.4) is 0 Å². The fourth-order valence-electron chi connectivity index (χ4n) is 10.2. The molecule has 2 aliphatic heterocycles. The first-order valence-corrected chi connectivity index (χ1v) is 23.2. The van der Waals surface area contributed by atoms with E-state index in [0.29, 0.717) is 48.9 Å². The van der Waals surface area contributed by atoms with Crippen molar-refractivity contribution in [3.8, 4) is 34.5 Å². The van der Waals surface area contributed by atoms with Crippen molar-refractivity contribution in [1.29, 1.82) is 0 Å². The maximum Gasteiger partial charge on any atom is 0.238 e. The lowest BCUT2D eigenvalue weighted by molar-refractivity contribution is -0.126. The maximum atomic E-state index is 14.9. The maximum absolute atomic E-state index is 14.9. The number of hydrogen-bond acceptors (Lipinski definition) is 10. The molecule has 67 heavy (non-hydrogen) atoms. The molecule has 4 aliphatic rings. The largest absolute Gasteiger partial charge is 0.503 e. The number of halogens is 2. The molecular formula is C53H46Br2N2O10. The number of amides is 4. The highest BCUT2D eigenvalue weighted by atomic mass is 79.9. The Kier molecular flexibility index (Phi) is 12.6. The first-order chi connectivity index (χ1) is 32.4. The average molecular weight is 1030 g/mol. The zero-order valence-corrected chi connectivity index (χ0v) is 40.4. The number of allylic oxidation sites excluding steroid dienone is 2. The number of phenolic OH excluding ortho intramolecular Hbond substituents is 1. The molecule has 14 heteroatoms. The van der Waals surface area contributed by atoms with E-state index in [-0.39, 0.29) is 48.0 Å². The van der Waals surface area contributed by atoms with Crippen molar-refractivity contribution in [3.05, 3.63) is 139 Å². The van der Waals surface area contributed by atoms with Crippen molar-refractivity contribution in [2.24, 2.45) is 29.6 Å². The van der Waals surface area contributed by atoms with Crippen LogP contribution < -0.4 is 33.5 Å². The number of hydrogen-bond donors (Lipinski definition) is 1. The molecule has 5 aromatic carbocycles. The zero-order chi connectivity index (χ0) is 47.3. The predicted molar refractivity (Wildman–Crippen MR) is 262 cm³/mol. The van der Waals surface area contributed by atoms with Crippen LogP contribution in [0, 0.1) is 29.6 Å². The summed E-state index contributed by atoms with van der Waals surface area (Å²) in [5.41, 5.74) is 5.56. The van der Waals surface area contributed by atoms with Gasteiger partial charge in [-0.1, -0.05) is 60.2 Å². The highest BCUT2D eigenvalue weighted by Crippen LogP contribution is 2.60. The van der Waals surface area contributed by atoms with Gasteiger partial charge < -0.3 is 28.8 Å². The van der Waals surface area contributed by atoms with E-state index in [9.17, 15) is 24.3 Å². The molecule has 1 saturated carbocycles. The molecule has 0 bridgehead atoms. The SMILES string of the molecule is COc1ccc(OC)c(C=Cc2ccc(N3C(=O)[C@H]4[C@H](CC=C5[C@H]4C[C@H]4C(=O)N(c6ccc(C=Cc7cc(OC)ccc7OC)cc6)C(=O)[C@H]4[C@H]5c4cc(OC)c(O)c(Br)c4Br)C3=O)cc2)c1. The van der Waals surface area contributed by atoms with Crippen molar-refractivity contribution in [3.63, 3.8) is 0 Å². The van der Waals surface area contributed by atoms with Crippen LogP contribution in [0.5, 0.6) is 34.5 Å². The topological polar surface area (TPSA) is 141 Å². The van der Waals surface area contributed by atoms with Crippen LogP contribution in [0.25, 0.3) is 24.3 Å². The van der Waals surface area contributed by atoms with Gasteiger partial charge in [0.05, 0.1) is 75.1 Å². The third-order valence-electron chi connectivity index (χ3n) is 13.5. The Bertz CT molecular complexity index is 2910. The van der Waals surface area contributed by atoms with Crippen molar-refractivity contribution >= 4 is 91.2 Å². The number of fused-ring (bicyclic) bond motifs is 4. The number of aromatic hydroxyl groups is 1. The van der Waals surface area contributed by atoms with Crippen LogP contribution in [-0.2, 0) is 19.2 Å². The number of rotatable bonds is 12. The van der Waals surface area contributed by atoms with Crippen LogP contribution in [0.4, 0.5) is 11.4 Å². The third-order valence-corrected chi connectivity index (χ3v) is 15.6. The number of carbonyl (C=O) groups is 4. The summed E-state index contributed by atoms with van der Waals surface area (Å²) in [5.74, 6) is -3.03. The molecule has 3 fully saturated rings. The van der Waals surface area contributed by atoms with Crippen LogP contribution in [-0.4, -0.2) is 64.3 Å². The van der Waals surface area contributed by atoms with E-state index in [0.717, 1.165) is 27.8 Å². The van der Waals surface area contributed by atoms with Crippen LogP contribution in [0.1, 0.15) is 46.6 Å². The molecule has 6 atom stereocenters. The van der Waals surface area contributed by atoms with Gasteiger partial charge in [-0.05, 0) is 134 Å². The van der Waals surface area contributed by atoms with E-state index in [1.165, 1.54) is 16.9 Å². The smallest absolute Gasteiger partial charge is 0.238 e. The van der Waals surface area contributed by atoms with Gasteiger partial charge >= 0.3 is 0 Å². The number of benzene rings is 5. The summed E-state index contributed by atoms with van der Waals surface area (Å²) in [6.07, 6.45) is 10.1. The molecule has 5 aromatic rings. The number of anilines is 2. The molecule has 1 N–H and O–H groups in total. The summed E-state index contributed by atoms with van der Waals surface area (Å²) < 4.78 is 28.2. The predicted octanol–water partition coefficient (Wildman–Crippen LogP) is 10.3. The third kappa shape index (κ3) is 7.99. The zero-order valence-electron chi connectivity index (χ0n) is 37.2. The number of ether oxygens (including phenoxy) is 5. The number of imide groups is 2. The van der Waals surface area contributed by atoms with E-state index < -0.39 is 35.5 Å². The van der Waals surface area contributed by atoms with E-state index in [2.05, 4.69) is 31.9 Å². The van der Waals surface area contributed by atoms with Crippen LogP contribution in [0.15, 0.2) is 112 Å². The number of carbonyl (C=O) groups excluding carboxylic acids is 4. The molecule has 0 unspecified atom stereocenters. The molecule has 2 aliphatic carbocycles. The monoisotopic (exact) mass is 1030 g/mol. The second kappa shape index (κ2) is 18.6. The Morgan fingerprint density at radius 2 is 1.03 bits per heavy atom. The molecular weight excluding hydrogens is 984 g/mol. The number of methoxy groups -OCH3 is 5. The first kappa shape index (κ1) is 45.5. The quantitative estimate of drug-likeness (QED) is 0.0729. The van der Waals surface area contributed by atoms with Gasteiger partial charge in [-0.3, -0.25) is 29.0 Å². The molecule has 0 aromatic heterocycles. The lowest BCUT2D eigenvalue weighted by atomic mass is 9.57. The van der Waals surface area contributed by atoms with Gasteiger partial charge in [0.25, 0.3) is 0 Å². The first-order valence-electron chi connectivity index (χ1n) is 21.6. The minimum Gasteiger partial charge on any atom is -0.503 e. The molecule has 0 radical (unpaired) electrons. The second-order valence-corrected chi connectivity index (χ2v) is 18.3. The second-order valence-electron chi connectivity index (χ2n) is 16.8. The van der Waals surface area contributed by atoms with Gasteiger partial charge in [-0.25, -0.2) is 0 Å². The number of nitrogens with zero attached hydrogens (tertiary/aromatic N) is 2. The lowest BCUT2D eigenvalue weighted by Gasteiger charge is -2.44. The molecule has 9 rings (SSSR count). The highest BCUT2D eigenvalue weighted by molar-refractivity contribution is 9.13. The fourth-order valence-corrected chi connectivity index (χ4v) is 11.2. The van der Waals surface area contributed by atoms with Crippen molar-refractivity contribution < 1.29 is 48.0 Å². The number of phenols is 1. The standard InChI is InChI=1S/C53H46Br2N2O10/c1-63-34-18-22-41(65-3)30(24-34)12-6-28-8-14-32(15-9-28)56-50(59)37-21-20-36-38(45(37)52(56)61)26-40-46(44(36)39-27-43(67-5)49(58)48(55)47(39)54)53(62)57(51(40)60)33-16-10-29(11-17-33)7-13-31-25-35(64-2)19-23-42(31)66-4/h6-20,22-25,27,37-38,40,44-46,58H,21,26H2,1-5H3/t37-,38+,40+,44+,45-,46+/m0/s1. The molecule has 2 heterocycles. The van der Waals surface area contributed by atoms with Crippen molar-refractivity contribution in [1.82, 2.24) is 0 Å². The van der Waals surface area contributed by atoms with Gasteiger partial charge in [0, 0.05) is 21.5 Å². The molecule has 4 amide bonds. The molecule has 12 nitrogen and oxygen atoms in total. The minimum atomic E-state index is -0.857. The average Bonchev–Trinajstić information content (AvgIpc) is 3.77. The van der Waals surface area contributed by atoms with Crippen molar-refractivity contribution in [2.75, 3.05) is 45.3 Å². The normalized spacial score (nSPS) is 22.2. The van der Waals surface area contributed by atoms with Crippen LogP contribution in [0.2, 0.25) is 0 Å². The Labute approximate surface area is 404 Å². The molecule has 342 valence electrons. The summed E-state index contributed by atoms with van der Waals surface area (Å²) in [4.78, 5) is 61.4. The van der Waals surface area contributed by atoms with E-state index >= 15 is 0 Å². The summed E-state index contributed by atoms with van der Waals surface area (Å²) in [5, 5.41) is 11.0. The summed E-state index contributed by atoms with van der Waals surface area (Å²) in [7, 11) is 7.84. The Morgan fingerprint density at radius 1 is 0.537 bits per heavy atom. The molecule has 2 saturated heterocycles. The van der Waals surface area contributed by atoms with Crippen LogP contribution >= 0.6 is 31.9 Å². The van der Waals surface area contributed by atoms with E-state index in [1.807, 2.05) is 91.0 Å². The van der Waals surface area contributed by atoms with Gasteiger partial charge in [-0.2, -0.15) is 0 Å². The van der Waals surface area contributed by atoms with Gasteiger partial charge in [0.2, 0.25) is 23.6 Å².